The van der Waals surface area contributed by atoms with Gasteiger partial charge >= 0.3 is 6.03 Å². The van der Waals surface area contributed by atoms with Crippen LogP contribution in [-0.4, -0.2) is 25.0 Å². The van der Waals surface area contributed by atoms with E-state index >= 15 is 0 Å². The Morgan fingerprint density at radius 2 is 1.79 bits per heavy atom. The molecule has 4 rings (SSSR count). The van der Waals surface area contributed by atoms with Crippen LogP contribution < -0.4 is 15.0 Å². The van der Waals surface area contributed by atoms with Crippen LogP contribution in [0.4, 0.5) is 14.9 Å². The van der Waals surface area contributed by atoms with E-state index in [9.17, 15) is 18.8 Å². The van der Waals surface area contributed by atoms with Gasteiger partial charge in [-0.2, -0.15) is 0 Å². The molecule has 1 fully saturated rings. The number of anilines is 1. The second-order valence-electron chi connectivity index (χ2n) is 7.78. The minimum atomic E-state index is -0.805. The Labute approximate surface area is 204 Å². The van der Waals surface area contributed by atoms with Crippen LogP contribution in [0, 0.1) is 12.7 Å². The fourth-order valence-corrected chi connectivity index (χ4v) is 4.27. The summed E-state index contributed by atoms with van der Waals surface area (Å²) in [6, 6.07) is 15.7. The van der Waals surface area contributed by atoms with Crippen molar-refractivity contribution in [3.63, 3.8) is 0 Å². The van der Waals surface area contributed by atoms with E-state index in [1.54, 1.807) is 42.5 Å². The maximum absolute atomic E-state index is 13.6. The van der Waals surface area contributed by atoms with E-state index in [4.69, 9.17) is 4.74 Å². The third-order valence-corrected chi connectivity index (χ3v) is 6.08. The first-order valence-corrected chi connectivity index (χ1v) is 11.1. The van der Waals surface area contributed by atoms with E-state index in [2.05, 4.69) is 21.2 Å². The van der Waals surface area contributed by atoms with Gasteiger partial charge in [-0.3, -0.25) is 14.9 Å². The zero-order chi connectivity index (χ0) is 24.4. The fourth-order valence-electron chi connectivity index (χ4n) is 3.67. The van der Waals surface area contributed by atoms with Crippen molar-refractivity contribution in [3.05, 3.63) is 98.8 Å². The van der Waals surface area contributed by atoms with Crippen LogP contribution >= 0.6 is 15.9 Å². The lowest BCUT2D eigenvalue weighted by atomic mass is 10.0. The lowest BCUT2D eigenvalue weighted by Crippen LogP contribution is -2.54. The average molecular weight is 523 g/mol. The van der Waals surface area contributed by atoms with Gasteiger partial charge in [0.2, 0.25) is 0 Å². The summed E-state index contributed by atoms with van der Waals surface area (Å²) in [5, 5.41) is 2.22. The van der Waals surface area contributed by atoms with Crippen molar-refractivity contribution >= 4 is 45.5 Å². The number of benzene rings is 3. The normalized spacial score (nSPS) is 15.0. The number of carbonyl (C=O) groups excluding carboxylic acids is 3. The number of barbiturate groups is 1. The molecular weight excluding hydrogens is 503 g/mol. The molecule has 4 amide bonds. The fraction of sp³-hybridized carbons (Fsp3) is 0.115. The number of hydrogen-bond donors (Lipinski definition) is 1. The first-order chi connectivity index (χ1) is 16.3. The molecular formula is C26H20BrFN2O4. The SMILES string of the molecule is COc1cc(/C=C2\C(=O)NC(=O)N(c3ccc(C)cc3)C2=O)cc(Br)c1Cc1cccc(F)c1. The topological polar surface area (TPSA) is 75.7 Å². The molecule has 0 aliphatic carbocycles. The number of methoxy groups -OCH3 is 1. The van der Waals surface area contributed by atoms with Crippen LogP contribution in [0.25, 0.3) is 6.08 Å². The summed E-state index contributed by atoms with van der Waals surface area (Å²) in [5.74, 6) is -1.34. The smallest absolute Gasteiger partial charge is 0.335 e. The van der Waals surface area contributed by atoms with Gasteiger partial charge in [-0.05, 0) is 60.5 Å². The second-order valence-corrected chi connectivity index (χ2v) is 8.64. The van der Waals surface area contributed by atoms with Crippen molar-refractivity contribution in [2.24, 2.45) is 0 Å². The standard InChI is InChI=1S/C26H20BrFN2O4/c1-15-6-8-19(9-7-15)30-25(32)21(24(31)29-26(30)33)12-17-13-22(27)20(23(14-17)34-2)11-16-4-3-5-18(28)10-16/h3-10,12-14H,11H2,1-2H3,(H,29,31,33)/b21-12+. The van der Waals surface area contributed by atoms with Crippen molar-refractivity contribution in [1.82, 2.24) is 5.32 Å². The first kappa shape index (κ1) is 23.4. The minimum absolute atomic E-state index is 0.188. The number of nitrogens with one attached hydrogen (secondary N) is 1. The van der Waals surface area contributed by atoms with Crippen LogP contribution in [0.5, 0.6) is 5.75 Å². The van der Waals surface area contributed by atoms with E-state index in [0.29, 0.717) is 27.9 Å². The monoisotopic (exact) mass is 522 g/mol. The number of ether oxygens (including phenoxy) is 1. The number of urea groups is 1. The highest BCUT2D eigenvalue weighted by Gasteiger charge is 2.36. The predicted octanol–water partition coefficient (Wildman–Crippen LogP) is 5.16. The van der Waals surface area contributed by atoms with Crippen molar-refractivity contribution in [1.29, 1.82) is 0 Å². The maximum atomic E-state index is 13.6. The molecule has 172 valence electrons. The molecule has 0 bridgehead atoms. The van der Waals surface area contributed by atoms with Gasteiger partial charge < -0.3 is 4.74 Å². The molecule has 1 N–H and O–H groups in total. The highest BCUT2D eigenvalue weighted by molar-refractivity contribution is 9.10. The van der Waals surface area contributed by atoms with E-state index < -0.39 is 17.8 Å². The van der Waals surface area contributed by atoms with Gasteiger partial charge in [-0.1, -0.05) is 45.8 Å². The van der Waals surface area contributed by atoms with Crippen LogP contribution in [0.2, 0.25) is 0 Å². The third-order valence-electron chi connectivity index (χ3n) is 5.37. The highest BCUT2D eigenvalue weighted by atomic mass is 79.9. The van der Waals surface area contributed by atoms with E-state index in [1.165, 1.54) is 25.3 Å². The molecule has 1 aliphatic heterocycles. The molecule has 3 aromatic carbocycles. The zero-order valence-corrected chi connectivity index (χ0v) is 20.0. The number of carbonyl (C=O) groups is 3. The van der Waals surface area contributed by atoms with Gasteiger partial charge in [0.25, 0.3) is 11.8 Å². The zero-order valence-electron chi connectivity index (χ0n) is 18.4. The maximum Gasteiger partial charge on any atom is 0.335 e. The molecule has 1 heterocycles. The average Bonchev–Trinajstić information content (AvgIpc) is 2.79. The van der Waals surface area contributed by atoms with Crippen LogP contribution in [-0.2, 0) is 16.0 Å². The van der Waals surface area contributed by atoms with Crippen molar-refractivity contribution in [3.8, 4) is 5.75 Å². The molecule has 34 heavy (non-hydrogen) atoms. The molecule has 0 aromatic heterocycles. The van der Waals surface area contributed by atoms with Gasteiger partial charge in [0.1, 0.15) is 17.1 Å². The molecule has 6 nitrogen and oxygen atoms in total. The van der Waals surface area contributed by atoms with E-state index in [-0.39, 0.29) is 11.4 Å². The summed E-state index contributed by atoms with van der Waals surface area (Å²) < 4.78 is 19.8. The molecule has 0 saturated carbocycles. The quantitative estimate of drug-likeness (QED) is 0.370. The van der Waals surface area contributed by atoms with Crippen LogP contribution in [0.15, 0.2) is 70.7 Å². The minimum Gasteiger partial charge on any atom is -0.496 e. The Morgan fingerprint density at radius 1 is 1.06 bits per heavy atom. The third kappa shape index (κ3) is 4.77. The molecule has 0 spiro atoms. The summed E-state index contributed by atoms with van der Waals surface area (Å²) in [6.07, 6.45) is 1.82. The second kappa shape index (κ2) is 9.61. The Balaban J connectivity index is 1.70. The summed E-state index contributed by atoms with van der Waals surface area (Å²) in [4.78, 5) is 38.9. The highest BCUT2D eigenvalue weighted by Crippen LogP contribution is 2.33. The van der Waals surface area contributed by atoms with Gasteiger partial charge in [-0.25, -0.2) is 14.1 Å². The first-order valence-electron chi connectivity index (χ1n) is 10.4. The number of halogens is 2. The molecule has 0 unspecified atom stereocenters. The molecule has 0 atom stereocenters. The van der Waals surface area contributed by atoms with E-state index in [1.807, 2.05) is 13.0 Å². The van der Waals surface area contributed by atoms with Gasteiger partial charge in [0, 0.05) is 16.5 Å². The van der Waals surface area contributed by atoms with Crippen molar-refractivity contribution in [2.45, 2.75) is 13.3 Å². The summed E-state index contributed by atoms with van der Waals surface area (Å²) in [6.45, 7) is 1.89. The summed E-state index contributed by atoms with van der Waals surface area (Å²) >= 11 is 3.52. The van der Waals surface area contributed by atoms with Crippen LogP contribution in [0.3, 0.4) is 0 Å². The van der Waals surface area contributed by atoms with Gasteiger partial charge in [-0.15, -0.1) is 0 Å². The predicted molar refractivity (Wildman–Crippen MR) is 130 cm³/mol. The lowest BCUT2D eigenvalue weighted by molar-refractivity contribution is -0.122. The number of aryl methyl sites for hydroxylation is 1. The number of imide groups is 2. The molecule has 1 aliphatic rings. The van der Waals surface area contributed by atoms with Gasteiger partial charge in [0.05, 0.1) is 12.8 Å². The van der Waals surface area contributed by atoms with Crippen molar-refractivity contribution in [2.75, 3.05) is 12.0 Å². The number of rotatable bonds is 5. The number of hydrogen-bond acceptors (Lipinski definition) is 4. The Bertz CT molecular complexity index is 1340. The Morgan fingerprint density at radius 3 is 2.47 bits per heavy atom. The summed E-state index contributed by atoms with van der Waals surface area (Å²) in [7, 11) is 1.50. The molecule has 8 heteroatoms. The molecule has 3 aromatic rings. The van der Waals surface area contributed by atoms with E-state index in [0.717, 1.165) is 21.6 Å². The lowest BCUT2D eigenvalue weighted by Gasteiger charge is -2.26. The molecule has 1 saturated heterocycles. The summed E-state index contributed by atoms with van der Waals surface area (Å²) in [5.41, 5.74) is 3.20. The number of amides is 4. The number of nitrogens with zero attached hydrogens (tertiary/aromatic N) is 1. The Kier molecular flexibility index (Phi) is 6.61. The van der Waals surface area contributed by atoms with Crippen LogP contribution in [0.1, 0.15) is 22.3 Å². The van der Waals surface area contributed by atoms with Crippen molar-refractivity contribution < 1.29 is 23.5 Å². The Hall–Kier alpha value is -3.78. The largest absolute Gasteiger partial charge is 0.496 e. The molecule has 0 radical (unpaired) electrons. The van der Waals surface area contributed by atoms with Gasteiger partial charge in [0.15, 0.2) is 0 Å².